The first-order chi connectivity index (χ1) is 17.6. The summed E-state index contributed by atoms with van der Waals surface area (Å²) >= 11 is 7.62. The number of carbonyl (C=O) groups is 1. The van der Waals surface area contributed by atoms with Crippen LogP contribution in [-0.2, 0) is 26.9 Å². The van der Waals surface area contributed by atoms with Crippen molar-refractivity contribution in [3.05, 3.63) is 69.3 Å². The number of aliphatic carboxylic acids is 1. The minimum Gasteiger partial charge on any atom is -0.475 e. The molecule has 4 rings (SSSR count). The van der Waals surface area contributed by atoms with Gasteiger partial charge in [-0.15, -0.1) is 11.3 Å². The van der Waals surface area contributed by atoms with E-state index in [1.807, 2.05) is 26.2 Å². The number of thiazole rings is 1. The number of hydrogen-bond donors (Lipinski definition) is 3. The van der Waals surface area contributed by atoms with Crippen molar-refractivity contribution in [1.29, 1.82) is 0 Å². The normalized spacial score (nSPS) is 14.4. The van der Waals surface area contributed by atoms with Crippen molar-refractivity contribution in [2.45, 2.75) is 36.0 Å². The number of carboxylic acids is 1. The quantitative estimate of drug-likeness (QED) is 0.294. The van der Waals surface area contributed by atoms with Crippen molar-refractivity contribution in [3.63, 3.8) is 0 Å². The highest BCUT2D eigenvalue weighted by molar-refractivity contribution is 7.92. The molecule has 1 aliphatic carbocycles. The molecule has 0 aliphatic heterocycles. The molecular weight excluding hydrogens is 572 g/mol. The molecule has 0 spiro atoms. The third-order valence-electron chi connectivity index (χ3n) is 5.37. The van der Waals surface area contributed by atoms with Crippen molar-refractivity contribution in [3.8, 4) is 0 Å². The zero-order valence-corrected chi connectivity index (χ0v) is 22.4. The van der Waals surface area contributed by atoms with Crippen LogP contribution in [-0.4, -0.2) is 49.6 Å². The molecule has 3 aromatic rings. The number of anilines is 2. The lowest BCUT2D eigenvalue weighted by molar-refractivity contribution is -0.192. The Morgan fingerprint density at radius 3 is 2.39 bits per heavy atom. The maximum Gasteiger partial charge on any atom is 0.490 e. The second kappa shape index (κ2) is 11.4. The Labute approximate surface area is 225 Å². The fraction of sp³-hybridized carbons (Fsp3) is 0.304. The molecular formula is C23H23ClF4N4O4S2. The minimum atomic E-state index is -5.08. The van der Waals surface area contributed by atoms with Gasteiger partial charge in [0.05, 0.1) is 21.8 Å². The number of nitrogens with one attached hydrogen (secondary N) is 2. The van der Waals surface area contributed by atoms with Gasteiger partial charge in [0.1, 0.15) is 10.7 Å². The molecule has 1 heterocycles. The number of sulfonamides is 1. The zero-order valence-electron chi connectivity index (χ0n) is 20.0. The summed E-state index contributed by atoms with van der Waals surface area (Å²) in [5.41, 5.74) is 3.83. The van der Waals surface area contributed by atoms with Gasteiger partial charge in [-0.3, -0.25) is 4.72 Å². The summed E-state index contributed by atoms with van der Waals surface area (Å²) in [6.45, 7) is 0.779. The van der Waals surface area contributed by atoms with E-state index in [9.17, 15) is 26.0 Å². The fourth-order valence-corrected chi connectivity index (χ4v) is 5.52. The summed E-state index contributed by atoms with van der Waals surface area (Å²) in [4.78, 5) is 14.3. The molecule has 0 saturated heterocycles. The Balaban J connectivity index is 0.000000505. The van der Waals surface area contributed by atoms with Gasteiger partial charge >= 0.3 is 12.1 Å². The number of nitrogens with zero attached hydrogens (tertiary/aromatic N) is 2. The first kappa shape index (κ1) is 29.6. The molecule has 38 heavy (non-hydrogen) atoms. The second-order valence-corrected chi connectivity index (χ2v) is 11.4. The van der Waals surface area contributed by atoms with Crippen molar-refractivity contribution >= 4 is 50.4 Å². The van der Waals surface area contributed by atoms with Crippen LogP contribution in [0.15, 0.2) is 52.2 Å². The molecule has 1 aromatic heterocycles. The molecule has 15 heteroatoms. The summed E-state index contributed by atoms with van der Waals surface area (Å²) in [6.07, 6.45) is -3.33. The SMILES string of the molecule is CN(C)Cc1ccccc1C1(Nc2cc(F)c(S(=O)(=O)Nc3cscn3)cc2Cl)CC1.O=C(O)C(F)(F)F. The highest BCUT2D eigenvalue weighted by Gasteiger charge is 2.46. The number of halogens is 5. The largest absolute Gasteiger partial charge is 0.490 e. The van der Waals surface area contributed by atoms with Crippen LogP contribution in [0, 0.1) is 5.82 Å². The molecule has 0 atom stereocenters. The van der Waals surface area contributed by atoms with Gasteiger partial charge in [0.15, 0.2) is 5.82 Å². The van der Waals surface area contributed by atoms with Gasteiger partial charge in [-0.25, -0.2) is 22.6 Å². The Hall–Kier alpha value is -2.94. The van der Waals surface area contributed by atoms with Gasteiger partial charge < -0.3 is 15.3 Å². The second-order valence-electron chi connectivity index (χ2n) is 8.65. The van der Waals surface area contributed by atoms with Gasteiger partial charge in [0.25, 0.3) is 10.0 Å². The van der Waals surface area contributed by atoms with Gasteiger partial charge in [0.2, 0.25) is 0 Å². The first-order valence-electron chi connectivity index (χ1n) is 10.9. The predicted molar refractivity (Wildman–Crippen MR) is 136 cm³/mol. The van der Waals surface area contributed by atoms with Gasteiger partial charge in [-0.1, -0.05) is 35.9 Å². The molecule has 2 aromatic carbocycles. The lowest BCUT2D eigenvalue weighted by Crippen LogP contribution is -2.23. The smallest absolute Gasteiger partial charge is 0.475 e. The van der Waals surface area contributed by atoms with Crippen LogP contribution in [0.25, 0.3) is 0 Å². The first-order valence-corrected chi connectivity index (χ1v) is 13.7. The van der Waals surface area contributed by atoms with E-state index < -0.39 is 32.9 Å². The van der Waals surface area contributed by atoms with E-state index in [1.165, 1.54) is 27.8 Å². The topological polar surface area (TPSA) is 112 Å². The van der Waals surface area contributed by atoms with E-state index in [1.54, 1.807) is 0 Å². The van der Waals surface area contributed by atoms with Crippen molar-refractivity contribution in [2.75, 3.05) is 24.1 Å². The van der Waals surface area contributed by atoms with Crippen LogP contribution < -0.4 is 10.0 Å². The van der Waals surface area contributed by atoms with Crippen LogP contribution in [0.1, 0.15) is 24.0 Å². The molecule has 1 saturated carbocycles. The van der Waals surface area contributed by atoms with Crippen LogP contribution in [0.2, 0.25) is 5.02 Å². The average Bonchev–Trinajstić information content (AvgIpc) is 3.40. The number of aromatic nitrogens is 1. The van der Waals surface area contributed by atoms with E-state index in [-0.39, 0.29) is 16.4 Å². The molecule has 206 valence electrons. The Morgan fingerprint density at radius 1 is 1.24 bits per heavy atom. The van der Waals surface area contributed by atoms with E-state index >= 15 is 0 Å². The number of benzene rings is 2. The molecule has 8 nitrogen and oxygen atoms in total. The fourth-order valence-electron chi connectivity index (χ4n) is 3.60. The summed E-state index contributed by atoms with van der Waals surface area (Å²) < 4.78 is 74.0. The van der Waals surface area contributed by atoms with Gasteiger partial charge in [-0.2, -0.15) is 13.2 Å². The van der Waals surface area contributed by atoms with Crippen LogP contribution >= 0.6 is 22.9 Å². The average molecular weight is 595 g/mol. The van der Waals surface area contributed by atoms with Crippen LogP contribution in [0.5, 0.6) is 0 Å². The van der Waals surface area contributed by atoms with Crippen molar-refractivity contribution in [2.24, 2.45) is 0 Å². The minimum absolute atomic E-state index is 0.136. The number of alkyl halides is 3. The standard InChI is InChI=1S/C21H22ClFN4O2S2.C2HF3O2/c1-27(2)11-14-5-3-4-6-15(14)21(7-8-21)25-18-10-17(23)19(9-16(18)22)31(28,29)26-20-12-30-13-24-20;3-2(4,5)1(6)7/h3-6,9-10,12-13,25-26H,7-8,11H2,1-2H3;(H,6,7). The summed E-state index contributed by atoms with van der Waals surface area (Å²) in [6, 6.07) is 10.4. The summed E-state index contributed by atoms with van der Waals surface area (Å²) in [5.74, 6) is -3.50. The number of rotatable bonds is 8. The summed E-state index contributed by atoms with van der Waals surface area (Å²) in [5, 5.41) is 12.2. The Morgan fingerprint density at radius 2 is 1.87 bits per heavy atom. The highest BCUT2D eigenvalue weighted by Crippen LogP contribution is 2.50. The Bertz CT molecular complexity index is 1400. The van der Waals surface area contributed by atoms with Gasteiger partial charge in [-0.05, 0) is 50.2 Å². The lowest BCUT2D eigenvalue weighted by atomic mass is 9.97. The van der Waals surface area contributed by atoms with Crippen molar-refractivity contribution < 1.29 is 35.9 Å². The molecule has 0 radical (unpaired) electrons. The Kier molecular flexibility index (Phi) is 8.91. The molecule has 0 unspecified atom stereocenters. The number of carboxylic acid groups (broad SMARTS) is 1. The predicted octanol–water partition coefficient (Wildman–Crippen LogP) is 5.53. The number of hydrogen-bond acceptors (Lipinski definition) is 7. The maximum atomic E-state index is 14.9. The zero-order chi connectivity index (χ0) is 28.3. The monoisotopic (exact) mass is 594 g/mol. The van der Waals surface area contributed by atoms with Crippen molar-refractivity contribution in [1.82, 2.24) is 9.88 Å². The van der Waals surface area contributed by atoms with Gasteiger partial charge in [0, 0.05) is 11.9 Å². The maximum absolute atomic E-state index is 14.9. The highest BCUT2D eigenvalue weighted by atomic mass is 35.5. The van der Waals surface area contributed by atoms with E-state index in [0.717, 1.165) is 37.1 Å². The molecule has 1 aliphatic rings. The molecule has 1 fully saturated rings. The van der Waals surface area contributed by atoms with E-state index in [4.69, 9.17) is 21.5 Å². The molecule has 3 N–H and O–H groups in total. The molecule has 0 bridgehead atoms. The lowest BCUT2D eigenvalue weighted by Gasteiger charge is -2.24. The van der Waals surface area contributed by atoms with E-state index in [2.05, 4.69) is 32.1 Å². The van der Waals surface area contributed by atoms with Crippen LogP contribution in [0.3, 0.4) is 0 Å². The third-order valence-corrected chi connectivity index (χ3v) is 7.64. The molecule has 0 amide bonds. The van der Waals surface area contributed by atoms with E-state index in [0.29, 0.717) is 5.69 Å². The summed E-state index contributed by atoms with van der Waals surface area (Å²) in [7, 11) is -0.135. The third kappa shape index (κ3) is 7.34. The van der Waals surface area contributed by atoms with Crippen LogP contribution in [0.4, 0.5) is 29.1 Å².